The largest absolute Gasteiger partial charge is 0.352 e. The third kappa shape index (κ3) is 6.83. The van der Waals surface area contributed by atoms with E-state index in [9.17, 15) is 9.59 Å². The fraction of sp³-hybridized carbons (Fsp3) is 0.167. The Labute approximate surface area is 165 Å². The lowest BCUT2D eigenvalue weighted by Gasteiger charge is -2.06. The molecule has 2 rings (SSSR count). The van der Waals surface area contributed by atoms with Gasteiger partial charge in [0.15, 0.2) is 0 Å². The van der Waals surface area contributed by atoms with Crippen molar-refractivity contribution in [3.8, 4) is 0 Å². The second-order valence-electron chi connectivity index (χ2n) is 5.38. The Morgan fingerprint density at radius 3 is 2.56 bits per heavy atom. The topological polar surface area (TPSA) is 70.6 Å². The van der Waals surface area contributed by atoms with Crippen molar-refractivity contribution in [1.29, 1.82) is 0 Å². The standard InChI is InChI=1S/C18H17ClIN3O2/c1-12(22-23-18(25)14-3-2-4-16(20)10-14)9-17(24)21-11-13-5-7-15(19)8-6-13/h2-8,10H,9,11H2,1H3,(H,21,24)(H,23,25). The molecule has 0 saturated heterocycles. The number of carbonyl (C=O) groups excluding carboxylic acids is 2. The second kappa shape index (κ2) is 9.53. The zero-order valence-corrected chi connectivity index (χ0v) is 16.5. The molecule has 0 unspecified atom stereocenters. The molecule has 2 N–H and O–H groups in total. The molecule has 2 aromatic carbocycles. The van der Waals surface area contributed by atoms with Crippen LogP contribution >= 0.6 is 34.2 Å². The summed E-state index contributed by atoms with van der Waals surface area (Å²) in [4.78, 5) is 23.9. The van der Waals surface area contributed by atoms with Crippen molar-refractivity contribution in [1.82, 2.24) is 10.7 Å². The lowest BCUT2D eigenvalue weighted by molar-refractivity contribution is -0.120. The Bertz CT molecular complexity index is 791. The molecule has 0 spiro atoms. The van der Waals surface area contributed by atoms with Crippen LogP contribution in [0.1, 0.15) is 29.3 Å². The van der Waals surface area contributed by atoms with E-state index in [1.54, 1.807) is 37.3 Å². The van der Waals surface area contributed by atoms with Crippen LogP contribution in [0.5, 0.6) is 0 Å². The van der Waals surface area contributed by atoms with Crippen molar-refractivity contribution in [2.75, 3.05) is 0 Å². The molecule has 0 saturated carbocycles. The highest BCUT2D eigenvalue weighted by atomic mass is 127. The molecule has 0 heterocycles. The fourth-order valence-corrected chi connectivity index (χ4v) is 2.65. The first-order valence-electron chi connectivity index (χ1n) is 7.54. The Morgan fingerprint density at radius 2 is 1.88 bits per heavy atom. The monoisotopic (exact) mass is 469 g/mol. The molecular weight excluding hydrogens is 453 g/mol. The summed E-state index contributed by atoms with van der Waals surface area (Å²) >= 11 is 7.95. The summed E-state index contributed by atoms with van der Waals surface area (Å²) in [6, 6.07) is 14.4. The number of halogens is 2. The van der Waals surface area contributed by atoms with Crippen LogP contribution in [-0.2, 0) is 11.3 Å². The molecule has 2 amide bonds. The summed E-state index contributed by atoms with van der Waals surface area (Å²) in [6.45, 7) is 2.11. The molecule has 0 radical (unpaired) electrons. The quantitative estimate of drug-likeness (QED) is 0.384. The number of rotatable bonds is 6. The Kier molecular flexibility index (Phi) is 7.39. The number of hydrogen-bond acceptors (Lipinski definition) is 3. The molecule has 0 aliphatic rings. The molecular formula is C18H17ClIN3O2. The highest BCUT2D eigenvalue weighted by Gasteiger charge is 2.07. The molecule has 0 aromatic heterocycles. The Hall–Kier alpha value is -1.93. The van der Waals surface area contributed by atoms with Crippen LogP contribution in [0.15, 0.2) is 53.6 Å². The van der Waals surface area contributed by atoms with Gasteiger partial charge >= 0.3 is 0 Å². The van der Waals surface area contributed by atoms with E-state index >= 15 is 0 Å². The third-order valence-electron chi connectivity index (χ3n) is 3.25. The van der Waals surface area contributed by atoms with Gasteiger partial charge in [-0.15, -0.1) is 0 Å². The third-order valence-corrected chi connectivity index (χ3v) is 4.18. The van der Waals surface area contributed by atoms with Gasteiger partial charge in [-0.05, 0) is 65.4 Å². The van der Waals surface area contributed by atoms with Crippen molar-refractivity contribution in [2.45, 2.75) is 19.9 Å². The van der Waals surface area contributed by atoms with Gasteiger partial charge in [-0.3, -0.25) is 9.59 Å². The minimum Gasteiger partial charge on any atom is -0.352 e. The molecule has 0 aliphatic heterocycles. The number of benzene rings is 2. The molecule has 2 aromatic rings. The van der Waals surface area contributed by atoms with E-state index < -0.39 is 0 Å². The first-order valence-corrected chi connectivity index (χ1v) is 9.00. The van der Waals surface area contributed by atoms with Gasteiger partial charge in [0.1, 0.15) is 0 Å². The summed E-state index contributed by atoms with van der Waals surface area (Å²) in [5.74, 6) is -0.473. The highest BCUT2D eigenvalue weighted by molar-refractivity contribution is 14.1. The first-order chi connectivity index (χ1) is 11.9. The van der Waals surface area contributed by atoms with Gasteiger partial charge in [-0.25, -0.2) is 5.43 Å². The van der Waals surface area contributed by atoms with E-state index in [-0.39, 0.29) is 18.2 Å². The van der Waals surface area contributed by atoms with Crippen molar-refractivity contribution in [3.63, 3.8) is 0 Å². The molecule has 0 bridgehead atoms. The zero-order valence-electron chi connectivity index (χ0n) is 13.6. The maximum absolute atomic E-state index is 12.0. The minimum absolute atomic E-state index is 0.111. The van der Waals surface area contributed by atoms with Gasteiger partial charge in [-0.1, -0.05) is 29.8 Å². The summed E-state index contributed by atoms with van der Waals surface area (Å²) < 4.78 is 0.965. The van der Waals surface area contributed by atoms with Crippen molar-refractivity contribution in [3.05, 3.63) is 68.3 Å². The number of nitrogens with one attached hydrogen (secondary N) is 2. The number of carbonyl (C=O) groups is 2. The van der Waals surface area contributed by atoms with E-state index in [2.05, 4.69) is 38.4 Å². The Balaban J connectivity index is 1.80. The van der Waals surface area contributed by atoms with E-state index in [4.69, 9.17) is 11.6 Å². The van der Waals surface area contributed by atoms with E-state index in [1.165, 1.54) is 0 Å². The van der Waals surface area contributed by atoms with E-state index in [1.807, 2.05) is 18.2 Å². The predicted molar refractivity (Wildman–Crippen MR) is 108 cm³/mol. The van der Waals surface area contributed by atoms with Gasteiger partial charge in [-0.2, -0.15) is 5.10 Å². The maximum Gasteiger partial charge on any atom is 0.271 e. The summed E-state index contributed by atoms with van der Waals surface area (Å²) in [7, 11) is 0. The summed E-state index contributed by atoms with van der Waals surface area (Å²) in [5.41, 5.74) is 4.46. The lowest BCUT2D eigenvalue weighted by atomic mass is 10.2. The second-order valence-corrected chi connectivity index (χ2v) is 7.06. The van der Waals surface area contributed by atoms with Crippen LogP contribution in [0, 0.1) is 3.57 Å². The molecule has 130 valence electrons. The maximum atomic E-state index is 12.0. The average Bonchev–Trinajstić information content (AvgIpc) is 2.59. The molecule has 0 aliphatic carbocycles. The van der Waals surface area contributed by atoms with Crippen molar-refractivity contribution < 1.29 is 9.59 Å². The highest BCUT2D eigenvalue weighted by Crippen LogP contribution is 2.09. The molecule has 7 heteroatoms. The number of hydrazone groups is 1. The van der Waals surface area contributed by atoms with Gasteiger partial charge in [0, 0.05) is 26.4 Å². The molecule has 0 atom stereocenters. The first kappa shape index (κ1) is 19.4. The predicted octanol–water partition coefficient (Wildman–Crippen LogP) is 3.76. The van der Waals surface area contributed by atoms with Crippen LogP contribution in [-0.4, -0.2) is 17.5 Å². The van der Waals surface area contributed by atoms with Gasteiger partial charge in [0.25, 0.3) is 5.91 Å². The smallest absolute Gasteiger partial charge is 0.271 e. The normalized spacial score (nSPS) is 11.1. The molecule has 5 nitrogen and oxygen atoms in total. The van der Waals surface area contributed by atoms with E-state index in [0.717, 1.165) is 9.13 Å². The minimum atomic E-state index is -0.306. The van der Waals surface area contributed by atoms with Crippen LogP contribution in [0.3, 0.4) is 0 Å². The average molecular weight is 470 g/mol. The van der Waals surface area contributed by atoms with Crippen molar-refractivity contribution in [2.24, 2.45) is 5.10 Å². The lowest BCUT2D eigenvalue weighted by Crippen LogP contribution is -2.26. The molecule has 25 heavy (non-hydrogen) atoms. The summed E-state index contributed by atoms with van der Waals surface area (Å²) in [5, 5.41) is 7.43. The van der Waals surface area contributed by atoms with Gasteiger partial charge in [0.2, 0.25) is 5.91 Å². The number of amides is 2. The molecule has 0 fully saturated rings. The number of hydrogen-bond donors (Lipinski definition) is 2. The Morgan fingerprint density at radius 1 is 1.16 bits per heavy atom. The van der Waals surface area contributed by atoms with E-state index in [0.29, 0.717) is 22.8 Å². The SMILES string of the molecule is CC(CC(=O)NCc1ccc(Cl)cc1)=NNC(=O)c1cccc(I)c1. The van der Waals surface area contributed by atoms with Crippen LogP contribution in [0.25, 0.3) is 0 Å². The van der Waals surface area contributed by atoms with Crippen LogP contribution < -0.4 is 10.7 Å². The van der Waals surface area contributed by atoms with Crippen molar-refractivity contribution >= 4 is 51.7 Å². The van der Waals surface area contributed by atoms with Crippen LogP contribution in [0.4, 0.5) is 0 Å². The number of nitrogens with zero attached hydrogens (tertiary/aromatic N) is 1. The zero-order chi connectivity index (χ0) is 18.2. The fourth-order valence-electron chi connectivity index (χ4n) is 1.98. The van der Waals surface area contributed by atoms with Gasteiger partial charge in [0.05, 0.1) is 6.42 Å². The van der Waals surface area contributed by atoms with Crippen LogP contribution in [0.2, 0.25) is 5.02 Å². The summed E-state index contributed by atoms with van der Waals surface area (Å²) in [6.07, 6.45) is 0.111. The van der Waals surface area contributed by atoms with Gasteiger partial charge < -0.3 is 5.32 Å².